The van der Waals surface area contributed by atoms with Crippen LogP contribution in [0.5, 0.6) is 0 Å². The molecule has 0 aliphatic rings. The van der Waals surface area contributed by atoms with E-state index in [-0.39, 0.29) is 0 Å². The lowest BCUT2D eigenvalue weighted by Crippen LogP contribution is -2.23. The van der Waals surface area contributed by atoms with Crippen LogP contribution >= 0.6 is 11.8 Å². The summed E-state index contributed by atoms with van der Waals surface area (Å²) in [4.78, 5) is 4.15. The van der Waals surface area contributed by atoms with Crippen LogP contribution in [0, 0.1) is 0 Å². The Morgan fingerprint density at radius 1 is 1.20 bits per heavy atom. The van der Waals surface area contributed by atoms with Gasteiger partial charge >= 0.3 is 0 Å². The molecule has 20 heavy (non-hydrogen) atoms. The van der Waals surface area contributed by atoms with Crippen molar-refractivity contribution in [3.05, 3.63) is 47.9 Å². The number of thioether (sulfide) groups is 1. The molecule has 1 heterocycles. The minimum atomic E-state index is 0.318. The Labute approximate surface area is 125 Å². The summed E-state index contributed by atoms with van der Waals surface area (Å²) in [6.07, 6.45) is 3.30. The second-order valence-corrected chi connectivity index (χ2v) is 6.01. The van der Waals surface area contributed by atoms with Crippen LogP contribution in [0.4, 0.5) is 0 Å². The number of aromatic nitrogens is 1. The van der Waals surface area contributed by atoms with Crippen molar-refractivity contribution in [1.29, 1.82) is 0 Å². The highest BCUT2D eigenvalue weighted by atomic mass is 32.2. The van der Waals surface area contributed by atoms with Gasteiger partial charge < -0.3 is 9.73 Å². The number of nitrogens with zero attached hydrogens (tertiary/aromatic N) is 1. The summed E-state index contributed by atoms with van der Waals surface area (Å²) < 4.78 is 5.27. The standard InChI is InChI=1S/C16H22N2OS/c1-4-17-15(11-20-16-18-9-10-19-16)14-7-5-13(6-8-14)12(2)3/h5-10,12,15,17H,4,11H2,1-3H3. The maximum absolute atomic E-state index is 5.27. The number of benzene rings is 1. The van der Waals surface area contributed by atoms with E-state index in [0.717, 1.165) is 17.5 Å². The SMILES string of the molecule is CCNC(CSc1ncco1)c1ccc(C(C)C)cc1. The van der Waals surface area contributed by atoms with E-state index in [0.29, 0.717) is 12.0 Å². The van der Waals surface area contributed by atoms with Crippen LogP contribution in [0.15, 0.2) is 46.4 Å². The van der Waals surface area contributed by atoms with Gasteiger partial charge in [0.25, 0.3) is 5.22 Å². The smallest absolute Gasteiger partial charge is 0.255 e. The van der Waals surface area contributed by atoms with Crippen LogP contribution < -0.4 is 5.32 Å². The van der Waals surface area contributed by atoms with Crippen molar-refractivity contribution in [3.63, 3.8) is 0 Å². The topological polar surface area (TPSA) is 38.1 Å². The van der Waals surface area contributed by atoms with Gasteiger partial charge in [-0.3, -0.25) is 0 Å². The normalized spacial score (nSPS) is 12.8. The van der Waals surface area contributed by atoms with E-state index in [1.807, 2.05) is 0 Å². The maximum atomic E-state index is 5.27. The van der Waals surface area contributed by atoms with Crippen molar-refractivity contribution in [2.24, 2.45) is 0 Å². The molecule has 2 rings (SSSR count). The van der Waals surface area contributed by atoms with E-state index in [4.69, 9.17) is 4.42 Å². The van der Waals surface area contributed by atoms with Crippen LogP contribution in [0.25, 0.3) is 0 Å². The van der Waals surface area contributed by atoms with Crippen molar-refractivity contribution in [2.75, 3.05) is 12.3 Å². The molecular formula is C16H22N2OS. The zero-order valence-electron chi connectivity index (χ0n) is 12.3. The second-order valence-electron chi connectivity index (χ2n) is 5.04. The van der Waals surface area contributed by atoms with Gasteiger partial charge in [-0.05, 0) is 23.6 Å². The molecule has 108 valence electrons. The Balaban J connectivity index is 2.03. The summed E-state index contributed by atoms with van der Waals surface area (Å²) in [5, 5.41) is 4.25. The van der Waals surface area contributed by atoms with Crippen LogP contribution in [0.2, 0.25) is 0 Å². The first kappa shape index (κ1) is 15.1. The monoisotopic (exact) mass is 290 g/mol. The number of hydrogen-bond acceptors (Lipinski definition) is 4. The first-order valence-electron chi connectivity index (χ1n) is 7.06. The maximum Gasteiger partial charge on any atom is 0.255 e. The molecule has 3 nitrogen and oxygen atoms in total. The molecule has 1 N–H and O–H groups in total. The van der Waals surface area contributed by atoms with E-state index in [2.05, 4.69) is 55.3 Å². The van der Waals surface area contributed by atoms with Crippen LogP contribution in [-0.4, -0.2) is 17.3 Å². The Morgan fingerprint density at radius 2 is 1.90 bits per heavy atom. The van der Waals surface area contributed by atoms with Gasteiger partial charge in [-0.2, -0.15) is 0 Å². The molecule has 0 saturated carbocycles. The van der Waals surface area contributed by atoms with E-state index in [9.17, 15) is 0 Å². The number of hydrogen-bond donors (Lipinski definition) is 1. The Kier molecular flexibility index (Phi) is 5.68. The Bertz CT molecular complexity index is 494. The van der Waals surface area contributed by atoms with E-state index in [1.54, 1.807) is 24.2 Å². The molecule has 1 aromatic heterocycles. The molecule has 0 aliphatic carbocycles. The third kappa shape index (κ3) is 4.12. The van der Waals surface area contributed by atoms with Crippen molar-refractivity contribution >= 4 is 11.8 Å². The zero-order chi connectivity index (χ0) is 14.4. The van der Waals surface area contributed by atoms with E-state index >= 15 is 0 Å². The molecule has 0 saturated heterocycles. The van der Waals surface area contributed by atoms with Crippen molar-refractivity contribution < 1.29 is 4.42 Å². The molecule has 0 aliphatic heterocycles. The molecule has 4 heteroatoms. The molecule has 1 unspecified atom stereocenters. The molecule has 2 aromatic rings. The Morgan fingerprint density at radius 3 is 2.45 bits per heavy atom. The average molecular weight is 290 g/mol. The highest BCUT2D eigenvalue weighted by Crippen LogP contribution is 2.25. The van der Waals surface area contributed by atoms with Crippen molar-refractivity contribution in [1.82, 2.24) is 10.3 Å². The fourth-order valence-electron chi connectivity index (χ4n) is 2.07. The highest BCUT2D eigenvalue weighted by Gasteiger charge is 2.12. The zero-order valence-corrected chi connectivity index (χ0v) is 13.1. The summed E-state index contributed by atoms with van der Waals surface area (Å²) in [6.45, 7) is 7.51. The van der Waals surface area contributed by atoms with Gasteiger partial charge in [0.05, 0.1) is 6.20 Å². The summed E-state index contributed by atoms with van der Waals surface area (Å²) in [5.74, 6) is 1.48. The van der Waals surface area contributed by atoms with Gasteiger partial charge in [-0.1, -0.05) is 56.8 Å². The molecule has 1 atom stereocenters. The molecule has 0 amide bonds. The number of rotatable bonds is 7. The quantitative estimate of drug-likeness (QED) is 0.774. The third-order valence-electron chi connectivity index (χ3n) is 3.24. The van der Waals surface area contributed by atoms with E-state index in [1.165, 1.54) is 11.1 Å². The lowest BCUT2D eigenvalue weighted by Gasteiger charge is -2.18. The van der Waals surface area contributed by atoms with Gasteiger partial charge in [-0.25, -0.2) is 4.98 Å². The van der Waals surface area contributed by atoms with Gasteiger partial charge in [0.2, 0.25) is 0 Å². The fourth-order valence-corrected chi connectivity index (χ4v) is 2.95. The first-order valence-corrected chi connectivity index (χ1v) is 8.04. The largest absolute Gasteiger partial charge is 0.440 e. The van der Waals surface area contributed by atoms with Crippen LogP contribution in [-0.2, 0) is 0 Å². The van der Waals surface area contributed by atoms with Crippen LogP contribution in [0.3, 0.4) is 0 Å². The van der Waals surface area contributed by atoms with Gasteiger partial charge in [-0.15, -0.1) is 0 Å². The fraction of sp³-hybridized carbons (Fsp3) is 0.438. The van der Waals surface area contributed by atoms with Gasteiger partial charge in [0, 0.05) is 11.8 Å². The van der Waals surface area contributed by atoms with Gasteiger partial charge in [0.1, 0.15) is 6.26 Å². The minimum Gasteiger partial charge on any atom is -0.440 e. The highest BCUT2D eigenvalue weighted by molar-refractivity contribution is 7.99. The average Bonchev–Trinajstić information content (AvgIpc) is 2.97. The summed E-state index contributed by atoms with van der Waals surface area (Å²) in [7, 11) is 0. The van der Waals surface area contributed by atoms with Gasteiger partial charge in [0.15, 0.2) is 0 Å². The predicted octanol–water partition coefficient (Wildman–Crippen LogP) is 4.24. The lowest BCUT2D eigenvalue weighted by molar-refractivity contribution is 0.453. The molecule has 0 radical (unpaired) electrons. The van der Waals surface area contributed by atoms with E-state index < -0.39 is 0 Å². The molecule has 0 fully saturated rings. The molecule has 0 spiro atoms. The first-order chi connectivity index (χ1) is 9.70. The number of oxazole rings is 1. The second kappa shape index (κ2) is 7.50. The number of nitrogens with one attached hydrogen (secondary N) is 1. The minimum absolute atomic E-state index is 0.318. The Hall–Kier alpha value is -1.26. The summed E-state index contributed by atoms with van der Waals surface area (Å²) in [5.41, 5.74) is 2.69. The molecule has 0 bridgehead atoms. The van der Waals surface area contributed by atoms with Crippen LogP contribution in [0.1, 0.15) is 43.9 Å². The van der Waals surface area contributed by atoms with Crippen molar-refractivity contribution in [2.45, 2.75) is 38.0 Å². The predicted molar refractivity (Wildman–Crippen MR) is 84.2 cm³/mol. The summed E-state index contributed by atoms with van der Waals surface area (Å²) >= 11 is 1.64. The van der Waals surface area contributed by atoms with Crippen molar-refractivity contribution in [3.8, 4) is 0 Å². The molecule has 1 aromatic carbocycles. The lowest BCUT2D eigenvalue weighted by atomic mass is 9.99. The molecular weight excluding hydrogens is 268 g/mol. The third-order valence-corrected chi connectivity index (χ3v) is 4.19. The summed E-state index contributed by atoms with van der Waals surface area (Å²) in [6, 6.07) is 9.20.